The summed E-state index contributed by atoms with van der Waals surface area (Å²) in [5.74, 6) is 1.26. The van der Waals surface area contributed by atoms with E-state index in [4.69, 9.17) is 15.2 Å². The summed E-state index contributed by atoms with van der Waals surface area (Å²) >= 11 is 1.43. The fourth-order valence-corrected chi connectivity index (χ4v) is 2.91. The van der Waals surface area contributed by atoms with Crippen LogP contribution in [0.1, 0.15) is 11.1 Å². The van der Waals surface area contributed by atoms with Gasteiger partial charge in [0.25, 0.3) is 0 Å². The summed E-state index contributed by atoms with van der Waals surface area (Å²) in [5.41, 5.74) is 9.79. The number of aryl methyl sites for hydroxylation is 2. The van der Waals surface area contributed by atoms with Gasteiger partial charge in [-0.05, 0) is 37.1 Å². The molecule has 1 aromatic carbocycles. The molecule has 3 rings (SSSR count). The van der Waals surface area contributed by atoms with Crippen molar-refractivity contribution in [1.29, 1.82) is 0 Å². The van der Waals surface area contributed by atoms with Gasteiger partial charge >= 0.3 is 6.01 Å². The minimum Gasteiger partial charge on any atom is -0.494 e. The highest BCUT2D eigenvalue weighted by molar-refractivity contribution is 7.13. The first-order valence-electron chi connectivity index (χ1n) is 6.93. The third-order valence-corrected chi connectivity index (χ3v) is 4.01. The number of hydrogen-bond donors (Lipinski definition) is 1. The summed E-state index contributed by atoms with van der Waals surface area (Å²) in [5, 5.41) is 2.52. The van der Waals surface area contributed by atoms with E-state index >= 15 is 0 Å². The molecule has 0 bridgehead atoms. The van der Waals surface area contributed by atoms with E-state index in [1.165, 1.54) is 11.3 Å². The number of nitrogens with two attached hydrogens (primary N) is 1. The first kappa shape index (κ1) is 15.2. The monoisotopic (exact) mass is 328 g/mol. The van der Waals surface area contributed by atoms with Crippen LogP contribution in [0, 0.1) is 13.8 Å². The Hall–Kier alpha value is -2.67. The molecule has 118 valence electrons. The maximum Gasteiger partial charge on any atom is 0.322 e. The van der Waals surface area contributed by atoms with Crippen LogP contribution in [0.25, 0.3) is 11.3 Å². The number of ether oxygens (including phenoxy) is 2. The molecule has 0 aliphatic carbocycles. The van der Waals surface area contributed by atoms with E-state index in [9.17, 15) is 0 Å². The standard InChI is InChI=1S/C16H16N4O2S/c1-9-4-11(22-16-18-6-12(21-3)7-19-16)5-10(2)14(9)13-8-23-15(17)20-13/h4-8H,1-3H3,(H2,17,20). The van der Waals surface area contributed by atoms with Crippen molar-refractivity contribution in [3.05, 3.63) is 41.0 Å². The Balaban J connectivity index is 1.89. The largest absolute Gasteiger partial charge is 0.494 e. The summed E-state index contributed by atoms with van der Waals surface area (Å²) in [6, 6.07) is 4.15. The van der Waals surface area contributed by atoms with Crippen LogP contribution in [0.2, 0.25) is 0 Å². The quantitative estimate of drug-likeness (QED) is 0.788. The highest BCUT2D eigenvalue weighted by Gasteiger charge is 2.12. The van der Waals surface area contributed by atoms with E-state index in [1.54, 1.807) is 19.5 Å². The van der Waals surface area contributed by atoms with E-state index in [2.05, 4.69) is 15.0 Å². The zero-order valence-electron chi connectivity index (χ0n) is 13.0. The number of nitrogens with zero attached hydrogens (tertiary/aromatic N) is 3. The lowest BCUT2D eigenvalue weighted by Crippen LogP contribution is -1.95. The van der Waals surface area contributed by atoms with Crippen molar-refractivity contribution < 1.29 is 9.47 Å². The number of thiazole rings is 1. The van der Waals surface area contributed by atoms with Crippen molar-refractivity contribution in [2.24, 2.45) is 0 Å². The van der Waals surface area contributed by atoms with E-state index in [1.807, 2.05) is 31.4 Å². The predicted octanol–water partition coefficient (Wildman–Crippen LogP) is 3.60. The van der Waals surface area contributed by atoms with Gasteiger partial charge in [0.2, 0.25) is 0 Å². The second kappa shape index (κ2) is 6.21. The minimum atomic E-state index is 0.273. The molecule has 2 aromatic heterocycles. The van der Waals surface area contributed by atoms with Gasteiger partial charge in [-0.2, -0.15) is 9.97 Å². The number of anilines is 1. The fourth-order valence-electron chi connectivity index (χ4n) is 2.36. The Bertz CT molecular complexity index is 807. The zero-order chi connectivity index (χ0) is 16.4. The summed E-state index contributed by atoms with van der Waals surface area (Å²) in [4.78, 5) is 12.6. The average molecular weight is 328 g/mol. The summed E-state index contributed by atoms with van der Waals surface area (Å²) in [6.45, 7) is 4.03. The van der Waals surface area contributed by atoms with Crippen molar-refractivity contribution in [2.75, 3.05) is 12.8 Å². The van der Waals surface area contributed by atoms with Gasteiger partial charge in [-0.25, -0.2) is 4.98 Å². The molecule has 0 radical (unpaired) electrons. The molecule has 0 unspecified atom stereocenters. The van der Waals surface area contributed by atoms with Crippen LogP contribution in [-0.2, 0) is 0 Å². The number of aromatic nitrogens is 3. The summed E-state index contributed by atoms with van der Waals surface area (Å²) in [7, 11) is 1.57. The molecule has 23 heavy (non-hydrogen) atoms. The normalized spacial score (nSPS) is 10.6. The summed E-state index contributed by atoms with van der Waals surface area (Å²) in [6.07, 6.45) is 3.13. The maximum absolute atomic E-state index is 5.73. The van der Waals surface area contributed by atoms with Crippen LogP contribution in [-0.4, -0.2) is 22.1 Å². The Kier molecular flexibility index (Phi) is 4.12. The van der Waals surface area contributed by atoms with Gasteiger partial charge in [0.15, 0.2) is 10.9 Å². The third-order valence-electron chi connectivity index (χ3n) is 3.33. The SMILES string of the molecule is COc1cnc(Oc2cc(C)c(-c3csc(N)n3)c(C)c2)nc1. The van der Waals surface area contributed by atoms with Crippen LogP contribution in [0.15, 0.2) is 29.9 Å². The van der Waals surface area contributed by atoms with E-state index in [0.29, 0.717) is 16.6 Å². The number of benzene rings is 1. The van der Waals surface area contributed by atoms with Crippen molar-refractivity contribution in [1.82, 2.24) is 15.0 Å². The van der Waals surface area contributed by atoms with Crippen molar-refractivity contribution in [3.8, 4) is 28.8 Å². The summed E-state index contributed by atoms with van der Waals surface area (Å²) < 4.78 is 10.7. The molecule has 3 aromatic rings. The molecule has 0 spiro atoms. The highest BCUT2D eigenvalue weighted by atomic mass is 32.1. The molecule has 0 aliphatic rings. The van der Waals surface area contributed by atoms with Crippen molar-refractivity contribution in [3.63, 3.8) is 0 Å². The van der Waals surface area contributed by atoms with Gasteiger partial charge in [0.05, 0.1) is 25.2 Å². The Morgan fingerprint density at radius 2 is 1.70 bits per heavy atom. The van der Waals surface area contributed by atoms with Gasteiger partial charge in [0.1, 0.15) is 5.75 Å². The number of rotatable bonds is 4. The molecule has 0 saturated heterocycles. The van der Waals surface area contributed by atoms with Gasteiger partial charge in [-0.1, -0.05) is 0 Å². The Morgan fingerprint density at radius 3 is 2.22 bits per heavy atom. The smallest absolute Gasteiger partial charge is 0.322 e. The molecule has 2 heterocycles. The van der Waals surface area contributed by atoms with Gasteiger partial charge in [-0.3, -0.25) is 0 Å². The molecule has 0 saturated carbocycles. The molecule has 6 nitrogen and oxygen atoms in total. The number of methoxy groups -OCH3 is 1. The lowest BCUT2D eigenvalue weighted by atomic mass is 10.0. The maximum atomic E-state index is 5.73. The van der Waals surface area contributed by atoms with Gasteiger partial charge in [0, 0.05) is 10.9 Å². The fraction of sp³-hybridized carbons (Fsp3) is 0.188. The lowest BCUT2D eigenvalue weighted by molar-refractivity contribution is 0.399. The molecule has 0 amide bonds. The number of nitrogen functional groups attached to an aromatic ring is 1. The minimum absolute atomic E-state index is 0.273. The molecule has 0 fully saturated rings. The molecular weight excluding hydrogens is 312 g/mol. The average Bonchev–Trinajstić information content (AvgIpc) is 2.93. The van der Waals surface area contributed by atoms with Crippen LogP contribution in [0.5, 0.6) is 17.5 Å². The second-order valence-corrected chi connectivity index (χ2v) is 5.90. The molecule has 2 N–H and O–H groups in total. The van der Waals surface area contributed by atoms with Crippen LogP contribution in [0.4, 0.5) is 5.13 Å². The van der Waals surface area contributed by atoms with Crippen LogP contribution in [0.3, 0.4) is 0 Å². The first-order chi connectivity index (χ1) is 11.1. The Morgan fingerprint density at radius 1 is 1.04 bits per heavy atom. The van der Waals surface area contributed by atoms with Crippen LogP contribution >= 0.6 is 11.3 Å². The van der Waals surface area contributed by atoms with E-state index in [0.717, 1.165) is 22.4 Å². The molecule has 0 aliphatic heterocycles. The van der Waals surface area contributed by atoms with Gasteiger partial charge < -0.3 is 15.2 Å². The first-order valence-corrected chi connectivity index (χ1v) is 7.81. The Labute approximate surface area is 138 Å². The molecule has 0 atom stereocenters. The molecule has 7 heteroatoms. The van der Waals surface area contributed by atoms with Crippen molar-refractivity contribution in [2.45, 2.75) is 13.8 Å². The topological polar surface area (TPSA) is 83.2 Å². The third kappa shape index (κ3) is 3.24. The molecular formula is C16H16N4O2S. The highest BCUT2D eigenvalue weighted by Crippen LogP contribution is 2.33. The van der Waals surface area contributed by atoms with E-state index < -0.39 is 0 Å². The van der Waals surface area contributed by atoms with Gasteiger partial charge in [-0.15, -0.1) is 11.3 Å². The number of hydrogen-bond acceptors (Lipinski definition) is 7. The van der Waals surface area contributed by atoms with Crippen LogP contribution < -0.4 is 15.2 Å². The second-order valence-electron chi connectivity index (χ2n) is 5.01. The predicted molar refractivity (Wildman–Crippen MR) is 90.1 cm³/mol. The van der Waals surface area contributed by atoms with E-state index in [-0.39, 0.29) is 6.01 Å². The van der Waals surface area contributed by atoms with Crippen molar-refractivity contribution >= 4 is 16.5 Å². The zero-order valence-corrected chi connectivity index (χ0v) is 13.8. The lowest BCUT2D eigenvalue weighted by Gasteiger charge is -2.11.